The Bertz CT molecular complexity index is 514. The molecule has 3 nitrogen and oxygen atoms in total. The van der Waals surface area contributed by atoms with Crippen molar-refractivity contribution in [2.45, 2.75) is 26.3 Å². The molecule has 0 aliphatic carbocycles. The summed E-state index contributed by atoms with van der Waals surface area (Å²) in [5.74, 6) is 0.579. The van der Waals surface area contributed by atoms with Crippen LogP contribution < -0.4 is 5.32 Å². The van der Waals surface area contributed by atoms with Crippen molar-refractivity contribution < 1.29 is 0 Å². The zero-order valence-electron chi connectivity index (χ0n) is 10.5. The van der Waals surface area contributed by atoms with Crippen molar-refractivity contribution in [1.29, 1.82) is 0 Å². The third-order valence-corrected chi connectivity index (χ3v) is 2.95. The van der Waals surface area contributed by atoms with Crippen molar-refractivity contribution in [2.75, 3.05) is 5.32 Å². The molecule has 1 atom stereocenters. The molecule has 18 heavy (non-hydrogen) atoms. The molecule has 94 valence electrons. The highest BCUT2D eigenvalue weighted by atomic mass is 35.5. The van der Waals surface area contributed by atoms with Crippen LogP contribution in [0.25, 0.3) is 11.3 Å². The number of hydrogen-bond acceptors (Lipinski definition) is 3. The van der Waals surface area contributed by atoms with Crippen LogP contribution in [0.15, 0.2) is 36.4 Å². The third kappa shape index (κ3) is 3.20. The van der Waals surface area contributed by atoms with E-state index in [1.807, 2.05) is 30.3 Å². The van der Waals surface area contributed by atoms with E-state index >= 15 is 0 Å². The Morgan fingerprint density at radius 1 is 1.22 bits per heavy atom. The van der Waals surface area contributed by atoms with E-state index in [4.69, 9.17) is 11.6 Å². The lowest BCUT2D eigenvalue weighted by Crippen LogP contribution is -2.15. The van der Waals surface area contributed by atoms with Crippen LogP contribution >= 0.6 is 11.6 Å². The lowest BCUT2D eigenvalue weighted by molar-refractivity contribution is 0.753. The van der Waals surface area contributed by atoms with Gasteiger partial charge in [-0.15, -0.1) is 0 Å². The highest BCUT2D eigenvalue weighted by Gasteiger charge is 2.07. The van der Waals surface area contributed by atoms with Gasteiger partial charge in [-0.3, -0.25) is 0 Å². The Labute approximate surface area is 112 Å². The van der Waals surface area contributed by atoms with Crippen LogP contribution in [0, 0.1) is 0 Å². The van der Waals surface area contributed by atoms with Crippen LogP contribution in [0.4, 0.5) is 5.95 Å². The van der Waals surface area contributed by atoms with Gasteiger partial charge in [-0.05, 0) is 13.3 Å². The van der Waals surface area contributed by atoms with Gasteiger partial charge in [0.05, 0.1) is 5.69 Å². The first-order valence-corrected chi connectivity index (χ1v) is 6.43. The highest BCUT2D eigenvalue weighted by molar-refractivity contribution is 6.29. The van der Waals surface area contributed by atoms with Gasteiger partial charge in [0.2, 0.25) is 5.95 Å². The largest absolute Gasteiger partial charge is 0.352 e. The molecule has 4 heteroatoms. The number of nitrogens with one attached hydrogen (secondary N) is 1. The Kier molecular flexibility index (Phi) is 4.15. The maximum Gasteiger partial charge on any atom is 0.224 e. The quantitative estimate of drug-likeness (QED) is 0.845. The molecule has 1 aromatic carbocycles. The maximum absolute atomic E-state index is 6.04. The van der Waals surface area contributed by atoms with E-state index in [0.29, 0.717) is 17.1 Å². The molecule has 0 spiro atoms. The van der Waals surface area contributed by atoms with Crippen molar-refractivity contribution in [3.05, 3.63) is 41.6 Å². The van der Waals surface area contributed by atoms with Crippen molar-refractivity contribution in [3.63, 3.8) is 0 Å². The molecule has 0 saturated carbocycles. The van der Waals surface area contributed by atoms with Crippen LogP contribution in [0.1, 0.15) is 20.3 Å². The fourth-order valence-corrected chi connectivity index (χ4v) is 1.74. The first kappa shape index (κ1) is 12.8. The van der Waals surface area contributed by atoms with Crippen LogP contribution in [-0.2, 0) is 0 Å². The lowest BCUT2D eigenvalue weighted by Gasteiger charge is -2.12. The molecule has 2 rings (SSSR count). The van der Waals surface area contributed by atoms with Gasteiger partial charge in [0.15, 0.2) is 0 Å². The minimum Gasteiger partial charge on any atom is -0.352 e. The van der Waals surface area contributed by atoms with Gasteiger partial charge in [0, 0.05) is 17.7 Å². The average molecular weight is 262 g/mol. The molecule has 1 N–H and O–H groups in total. The molecule has 0 radical (unpaired) electrons. The maximum atomic E-state index is 6.04. The van der Waals surface area contributed by atoms with Gasteiger partial charge in [-0.1, -0.05) is 48.9 Å². The summed E-state index contributed by atoms with van der Waals surface area (Å²) in [7, 11) is 0. The molecule has 1 unspecified atom stereocenters. The van der Waals surface area contributed by atoms with E-state index in [9.17, 15) is 0 Å². The molecular weight excluding hydrogens is 246 g/mol. The topological polar surface area (TPSA) is 37.8 Å². The molecule has 0 saturated heterocycles. The van der Waals surface area contributed by atoms with Gasteiger partial charge in [0.25, 0.3) is 0 Å². The molecule has 2 aromatic rings. The average Bonchev–Trinajstić information content (AvgIpc) is 2.39. The molecule has 0 bridgehead atoms. The number of anilines is 1. The second-order valence-electron chi connectivity index (χ2n) is 4.22. The van der Waals surface area contributed by atoms with E-state index in [0.717, 1.165) is 17.7 Å². The SMILES string of the molecule is CCC(C)Nc1nc(Cl)cc(-c2ccccc2)n1. The summed E-state index contributed by atoms with van der Waals surface area (Å²) in [5.41, 5.74) is 1.87. The van der Waals surface area contributed by atoms with Crippen LogP contribution in [0.3, 0.4) is 0 Å². The van der Waals surface area contributed by atoms with E-state index in [2.05, 4.69) is 29.1 Å². The number of benzene rings is 1. The fraction of sp³-hybridized carbons (Fsp3) is 0.286. The Morgan fingerprint density at radius 2 is 1.94 bits per heavy atom. The van der Waals surface area contributed by atoms with Gasteiger partial charge < -0.3 is 5.32 Å². The minimum atomic E-state index is 0.326. The molecule has 0 fully saturated rings. The van der Waals surface area contributed by atoms with E-state index < -0.39 is 0 Å². The number of hydrogen-bond donors (Lipinski definition) is 1. The van der Waals surface area contributed by atoms with Gasteiger partial charge in [-0.25, -0.2) is 9.97 Å². The number of aromatic nitrogens is 2. The summed E-state index contributed by atoms with van der Waals surface area (Å²) in [5, 5.41) is 3.69. The number of nitrogens with zero attached hydrogens (tertiary/aromatic N) is 2. The Hall–Kier alpha value is -1.61. The molecule has 0 aliphatic rings. The summed E-state index contributed by atoms with van der Waals surface area (Å²) in [6, 6.07) is 12.0. The summed E-state index contributed by atoms with van der Waals surface area (Å²) in [6.07, 6.45) is 1.01. The zero-order valence-corrected chi connectivity index (χ0v) is 11.3. The first-order chi connectivity index (χ1) is 8.69. The van der Waals surface area contributed by atoms with Gasteiger partial charge >= 0.3 is 0 Å². The van der Waals surface area contributed by atoms with Crippen molar-refractivity contribution in [2.24, 2.45) is 0 Å². The van der Waals surface area contributed by atoms with Crippen molar-refractivity contribution >= 4 is 17.5 Å². The second kappa shape index (κ2) is 5.83. The first-order valence-electron chi connectivity index (χ1n) is 6.05. The van der Waals surface area contributed by atoms with Crippen molar-refractivity contribution in [1.82, 2.24) is 9.97 Å². The molecule has 0 amide bonds. The number of halogens is 1. The Balaban J connectivity index is 2.32. The zero-order chi connectivity index (χ0) is 13.0. The highest BCUT2D eigenvalue weighted by Crippen LogP contribution is 2.21. The molecule has 1 aromatic heterocycles. The van der Waals surface area contributed by atoms with Crippen molar-refractivity contribution in [3.8, 4) is 11.3 Å². The summed E-state index contributed by atoms with van der Waals surface area (Å²) in [6.45, 7) is 4.20. The normalized spacial score (nSPS) is 12.2. The van der Waals surface area contributed by atoms with E-state index in [-0.39, 0.29) is 0 Å². The minimum absolute atomic E-state index is 0.326. The Morgan fingerprint density at radius 3 is 2.61 bits per heavy atom. The summed E-state index contributed by atoms with van der Waals surface area (Å²) >= 11 is 6.04. The lowest BCUT2D eigenvalue weighted by atomic mass is 10.1. The third-order valence-electron chi connectivity index (χ3n) is 2.75. The fourth-order valence-electron chi connectivity index (χ4n) is 1.56. The second-order valence-corrected chi connectivity index (χ2v) is 4.61. The monoisotopic (exact) mass is 261 g/mol. The predicted octanol–water partition coefficient (Wildman–Crippen LogP) is 4.01. The predicted molar refractivity (Wildman–Crippen MR) is 75.9 cm³/mol. The molecular formula is C14H16ClN3. The van der Waals surface area contributed by atoms with Crippen LogP contribution in [0.2, 0.25) is 5.15 Å². The van der Waals surface area contributed by atoms with Gasteiger partial charge in [0.1, 0.15) is 5.15 Å². The van der Waals surface area contributed by atoms with Crippen LogP contribution in [-0.4, -0.2) is 16.0 Å². The standard InChI is InChI=1S/C14H16ClN3/c1-3-10(2)16-14-17-12(9-13(15)18-14)11-7-5-4-6-8-11/h4-10H,3H2,1-2H3,(H,16,17,18). The summed E-state index contributed by atoms with van der Waals surface area (Å²) < 4.78 is 0. The molecule has 0 aliphatic heterocycles. The van der Waals surface area contributed by atoms with E-state index in [1.165, 1.54) is 0 Å². The smallest absolute Gasteiger partial charge is 0.224 e. The number of rotatable bonds is 4. The van der Waals surface area contributed by atoms with E-state index in [1.54, 1.807) is 6.07 Å². The summed E-state index contributed by atoms with van der Waals surface area (Å²) in [4.78, 5) is 8.68. The molecule has 1 heterocycles. The van der Waals surface area contributed by atoms with Gasteiger partial charge in [-0.2, -0.15) is 0 Å². The van der Waals surface area contributed by atoms with Crippen LogP contribution in [0.5, 0.6) is 0 Å².